The number of carbonyl (C=O) groups excluding carboxylic acids is 1. The smallest absolute Gasteiger partial charge is 0.254 e. The average molecular weight is 273 g/mol. The highest BCUT2D eigenvalue weighted by Gasteiger charge is 2.15. The SMILES string of the molecule is COCCN(C)CCNC(=O)c1ccnc(F)c1F. The van der Waals surface area contributed by atoms with Crippen LogP contribution in [0.25, 0.3) is 0 Å². The molecule has 0 aromatic carbocycles. The highest BCUT2D eigenvalue weighted by molar-refractivity contribution is 5.94. The molecule has 0 atom stereocenters. The van der Waals surface area contributed by atoms with Crippen molar-refractivity contribution in [1.29, 1.82) is 0 Å². The maximum absolute atomic E-state index is 13.3. The van der Waals surface area contributed by atoms with Crippen molar-refractivity contribution in [2.45, 2.75) is 0 Å². The van der Waals surface area contributed by atoms with Crippen molar-refractivity contribution >= 4 is 5.91 Å². The maximum Gasteiger partial charge on any atom is 0.254 e. The van der Waals surface area contributed by atoms with Gasteiger partial charge in [-0.25, -0.2) is 9.37 Å². The van der Waals surface area contributed by atoms with Crippen molar-refractivity contribution in [2.75, 3.05) is 40.4 Å². The average Bonchev–Trinajstić information content (AvgIpc) is 2.39. The Kier molecular flexibility index (Phi) is 6.31. The summed E-state index contributed by atoms with van der Waals surface area (Å²) in [5.74, 6) is -3.16. The number of aromatic nitrogens is 1. The molecule has 0 unspecified atom stereocenters. The lowest BCUT2D eigenvalue weighted by Gasteiger charge is -2.16. The second kappa shape index (κ2) is 7.75. The maximum atomic E-state index is 13.3. The predicted molar refractivity (Wildman–Crippen MR) is 65.9 cm³/mol. The summed E-state index contributed by atoms with van der Waals surface area (Å²) in [6.45, 7) is 2.24. The van der Waals surface area contributed by atoms with Gasteiger partial charge in [-0.15, -0.1) is 0 Å². The molecule has 0 saturated heterocycles. The largest absolute Gasteiger partial charge is 0.383 e. The van der Waals surface area contributed by atoms with E-state index in [-0.39, 0.29) is 5.56 Å². The molecule has 0 aliphatic heterocycles. The van der Waals surface area contributed by atoms with E-state index in [0.717, 1.165) is 18.8 Å². The van der Waals surface area contributed by atoms with Gasteiger partial charge in [0.15, 0.2) is 5.82 Å². The Morgan fingerprint density at radius 1 is 1.47 bits per heavy atom. The van der Waals surface area contributed by atoms with E-state index >= 15 is 0 Å². The molecule has 0 bridgehead atoms. The molecule has 5 nitrogen and oxygen atoms in total. The lowest BCUT2D eigenvalue weighted by Crippen LogP contribution is -2.34. The number of carbonyl (C=O) groups is 1. The molecule has 7 heteroatoms. The topological polar surface area (TPSA) is 54.5 Å². The van der Waals surface area contributed by atoms with Gasteiger partial charge >= 0.3 is 0 Å². The first kappa shape index (κ1) is 15.5. The van der Waals surface area contributed by atoms with E-state index in [9.17, 15) is 13.6 Å². The van der Waals surface area contributed by atoms with Crippen molar-refractivity contribution in [1.82, 2.24) is 15.2 Å². The number of pyridine rings is 1. The summed E-state index contributed by atoms with van der Waals surface area (Å²) < 4.78 is 31.0. The minimum Gasteiger partial charge on any atom is -0.383 e. The fourth-order valence-corrected chi connectivity index (χ4v) is 1.41. The van der Waals surface area contributed by atoms with Crippen LogP contribution in [0.2, 0.25) is 0 Å². The van der Waals surface area contributed by atoms with Gasteiger partial charge in [0.25, 0.3) is 5.91 Å². The van der Waals surface area contributed by atoms with Gasteiger partial charge in [0, 0.05) is 32.9 Å². The summed E-state index contributed by atoms with van der Waals surface area (Å²) in [7, 11) is 3.48. The van der Waals surface area contributed by atoms with Crippen LogP contribution in [0.15, 0.2) is 12.3 Å². The van der Waals surface area contributed by atoms with Gasteiger partial charge in [-0.3, -0.25) is 4.79 Å². The van der Waals surface area contributed by atoms with E-state index in [0.29, 0.717) is 19.7 Å². The monoisotopic (exact) mass is 273 g/mol. The normalized spacial score (nSPS) is 10.8. The van der Waals surface area contributed by atoms with Crippen LogP contribution in [0.1, 0.15) is 10.4 Å². The summed E-state index contributed by atoms with van der Waals surface area (Å²) in [6, 6.07) is 1.14. The molecule has 1 amide bonds. The molecular formula is C12H17F2N3O2. The molecule has 0 saturated carbocycles. The highest BCUT2D eigenvalue weighted by atomic mass is 19.2. The fourth-order valence-electron chi connectivity index (χ4n) is 1.41. The highest BCUT2D eigenvalue weighted by Crippen LogP contribution is 2.08. The molecule has 0 fully saturated rings. The summed E-state index contributed by atoms with van der Waals surface area (Å²) in [6.07, 6.45) is 1.05. The number of hydrogen-bond acceptors (Lipinski definition) is 4. The molecule has 1 rings (SSSR count). The van der Waals surface area contributed by atoms with Gasteiger partial charge in [0.05, 0.1) is 12.2 Å². The van der Waals surface area contributed by atoms with Crippen LogP contribution in [0.5, 0.6) is 0 Å². The lowest BCUT2D eigenvalue weighted by atomic mass is 10.2. The second-order valence-electron chi connectivity index (χ2n) is 4.02. The number of amides is 1. The van der Waals surface area contributed by atoms with Gasteiger partial charge in [-0.1, -0.05) is 0 Å². The minimum absolute atomic E-state index is 0.336. The fraction of sp³-hybridized carbons (Fsp3) is 0.500. The van der Waals surface area contributed by atoms with Crippen molar-refractivity contribution in [3.05, 3.63) is 29.6 Å². The van der Waals surface area contributed by atoms with Crippen LogP contribution in [0.3, 0.4) is 0 Å². The van der Waals surface area contributed by atoms with Crippen LogP contribution in [-0.4, -0.2) is 56.2 Å². The quantitative estimate of drug-likeness (QED) is 0.742. The summed E-state index contributed by atoms with van der Waals surface area (Å²) >= 11 is 0. The van der Waals surface area contributed by atoms with E-state index < -0.39 is 17.7 Å². The third-order valence-electron chi connectivity index (χ3n) is 2.55. The molecule has 1 aromatic heterocycles. The molecule has 1 heterocycles. The third-order valence-corrected chi connectivity index (χ3v) is 2.55. The number of nitrogens with zero attached hydrogens (tertiary/aromatic N) is 2. The number of rotatable bonds is 7. The Balaban J connectivity index is 2.41. The first-order valence-corrected chi connectivity index (χ1v) is 5.82. The Bertz CT molecular complexity index is 429. The molecule has 0 spiro atoms. The Morgan fingerprint density at radius 2 is 2.21 bits per heavy atom. The van der Waals surface area contributed by atoms with E-state index in [1.807, 2.05) is 11.9 Å². The van der Waals surface area contributed by atoms with Crippen molar-refractivity contribution < 1.29 is 18.3 Å². The Hall–Kier alpha value is -1.60. The van der Waals surface area contributed by atoms with Gasteiger partial charge < -0.3 is 15.0 Å². The number of nitrogens with one attached hydrogen (secondary N) is 1. The first-order chi connectivity index (χ1) is 9.06. The lowest BCUT2D eigenvalue weighted by molar-refractivity contribution is 0.0942. The number of methoxy groups -OCH3 is 1. The number of ether oxygens (including phenoxy) is 1. The molecule has 106 valence electrons. The zero-order valence-corrected chi connectivity index (χ0v) is 10.9. The van der Waals surface area contributed by atoms with Crippen LogP contribution < -0.4 is 5.32 Å². The van der Waals surface area contributed by atoms with Crippen molar-refractivity contribution in [3.63, 3.8) is 0 Å². The van der Waals surface area contributed by atoms with E-state index in [4.69, 9.17) is 4.74 Å². The van der Waals surface area contributed by atoms with Crippen molar-refractivity contribution in [2.24, 2.45) is 0 Å². The second-order valence-corrected chi connectivity index (χ2v) is 4.02. The molecule has 1 aromatic rings. The van der Waals surface area contributed by atoms with Crippen LogP contribution >= 0.6 is 0 Å². The van der Waals surface area contributed by atoms with Gasteiger partial charge in [-0.05, 0) is 13.1 Å². The zero-order chi connectivity index (χ0) is 14.3. The van der Waals surface area contributed by atoms with E-state index in [2.05, 4.69) is 10.3 Å². The molecule has 0 aliphatic carbocycles. The van der Waals surface area contributed by atoms with Gasteiger partial charge in [0.2, 0.25) is 5.95 Å². The summed E-state index contributed by atoms with van der Waals surface area (Å²) in [5, 5.41) is 2.52. The van der Waals surface area contributed by atoms with Crippen molar-refractivity contribution in [3.8, 4) is 0 Å². The molecule has 0 radical (unpaired) electrons. The zero-order valence-electron chi connectivity index (χ0n) is 10.9. The van der Waals surface area contributed by atoms with E-state index in [1.54, 1.807) is 7.11 Å². The molecule has 1 N–H and O–H groups in total. The predicted octanol–water partition coefficient (Wildman–Crippen LogP) is 0.668. The van der Waals surface area contributed by atoms with Gasteiger partial charge in [-0.2, -0.15) is 4.39 Å². The number of halogens is 2. The molecule has 0 aliphatic rings. The van der Waals surface area contributed by atoms with Crippen LogP contribution in [0.4, 0.5) is 8.78 Å². The summed E-state index contributed by atoms with van der Waals surface area (Å²) in [4.78, 5) is 16.7. The molecule has 19 heavy (non-hydrogen) atoms. The minimum atomic E-state index is -1.27. The molecular weight excluding hydrogens is 256 g/mol. The Morgan fingerprint density at radius 3 is 2.89 bits per heavy atom. The van der Waals surface area contributed by atoms with Crippen LogP contribution in [-0.2, 0) is 4.74 Å². The first-order valence-electron chi connectivity index (χ1n) is 5.82. The van der Waals surface area contributed by atoms with Gasteiger partial charge in [0.1, 0.15) is 0 Å². The van der Waals surface area contributed by atoms with Crippen LogP contribution in [0, 0.1) is 11.8 Å². The van der Waals surface area contributed by atoms with E-state index in [1.165, 1.54) is 0 Å². The third kappa shape index (κ3) is 4.88. The number of hydrogen-bond donors (Lipinski definition) is 1. The Labute approximate surface area is 110 Å². The summed E-state index contributed by atoms with van der Waals surface area (Å²) in [5.41, 5.74) is -0.341. The number of likely N-dealkylation sites (N-methyl/N-ethyl adjacent to an activating group) is 1. The standard InChI is InChI=1S/C12H17F2N3O2/c1-17(7-8-19-2)6-5-16-12(18)9-3-4-15-11(14)10(9)13/h3-4H,5-8H2,1-2H3,(H,16,18).